The van der Waals surface area contributed by atoms with Gasteiger partial charge in [0.05, 0.1) is 5.52 Å². The van der Waals surface area contributed by atoms with E-state index < -0.39 is 0 Å². The van der Waals surface area contributed by atoms with Gasteiger partial charge in [-0.25, -0.2) is 0 Å². The molecule has 1 saturated carbocycles. The zero-order valence-corrected chi connectivity index (χ0v) is 12.9. The Morgan fingerprint density at radius 1 is 1.35 bits per heavy atom. The summed E-state index contributed by atoms with van der Waals surface area (Å²) in [4.78, 5) is 4.49. The van der Waals surface area contributed by atoms with Crippen LogP contribution >= 0.6 is 11.6 Å². The van der Waals surface area contributed by atoms with Crippen LogP contribution in [0.1, 0.15) is 38.7 Å². The van der Waals surface area contributed by atoms with E-state index in [1.807, 2.05) is 24.4 Å². The van der Waals surface area contributed by atoms with E-state index in [1.54, 1.807) is 0 Å². The van der Waals surface area contributed by atoms with Gasteiger partial charge < -0.3 is 5.32 Å². The van der Waals surface area contributed by atoms with Crippen molar-refractivity contribution in [3.63, 3.8) is 0 Å². The summed E-state index contributed by atoms with van der Waals surface area (Å²) >= 11 is 6.23. The van der Waals surface area contributed by atoms with Crippen LogP contribution < -0.4 is 5.32 Å². The molecule has 2 aromatic rings. The number of nitrogens with zero attached hydrogens (tertiary/aromatic N) is 1. The van der Waals surface area contributed by atoms with Crippen LogP contribution in [0.15, 0.2) is 30.5 Å². The normalized spacial score (nSPS) is 21.4. The van der Waals surface area contributed by atoms with E-state index >= 15 is 0 Å². The van der Waals surface area contributed by atoms with Crippen LogP contribution in [0.5, 0.6) is 0 Å². The first-order chi connectivity index (χ1) is 9.55. The van der Waals surface area contributed by atoms with Gasteiger partial charge in [0.25, 0.3) is 0 Å². The topological polar surface area (TPSA) is 24.9 Å². The van der Waals surface area contributed by atoms with Crippen molar-refractivity contribution in [3.05, 3.63) is 41.0 Å². The van der Waals surface area contributed by atoms with Gasteiger partial charge in [0, 0.05) is 29.2 Å². The van der Waals surface area contributed by atoms with Gasteiger partial charge in [-0.1, -0.05) is 31.5 Å². The van der Waals surface area contributed by atoms with Crippen molar-refractivity contribution < 1.29 is 0 Å². The average Bonchev–Trinajstić information content (AvgIpc) is 2.78. The zero-order chi connectivity index (χ0) is 14.2. The molecule has 2 nitrogen and oxygen atoms in total. The Balaban J connectivity index is 1.77. The monoisotopic (exact) mass is 288 g/mol. The first-order valence-corrected chi connectivity index (χ1v) is 7.68. The lowest BCUT2D eigenvalue weighted by atomic mass is 9.92. The van der Waals surface area contributed by atoms with Crippen molar-refractivity contribution in [1.29, 1.82) is 0 Å². The fourth-order valence-corrected chi connectivity index (χ4v) is 3.42. The number of halogens is 1. The number of hydrogen-bond donors (Lipinski definition) is 1. The SMILES string of the molecule is CC1(C)CCC(NCc2ccc(Cl)c3cccnc23)C1. The summed E-state index contributed by atoms with van der Waals surface area (Å²) in [5.74, 6) is 0. The average molecular weight is 289 g/mol. The first kappa shape index (κ1) is 13.8. The van der Waals surface area contributed by atoms with Crippen molar-refractivity contribution in [3.8, 4) is 0 Å². The highest BCUT2D eigenvalue weighted by molar-refractivity contribution is 6.35. The molecule has 0 spiro atoms. The predicted octanol–water partition coefficient (Wildman–Crippen LogP) is 4.56. The van der Waals surface area contributed by atoms with Crippen molar-refractivity contribution >= 4 is 22.5 Å². The van der Waals surface area contributed by atoms with Crippen molar-refractivity contribution in [2.75, 3.05) is 0 Å². The second kappa shape index (κ2) is 5.34. The summed E-state index contributed by atoms with van der Waals surface area (Å²) < 4.78 is 0. The fraction of sp³-hybridized carbons (Fsp3) is 0.471. The Labute approximate surface area is 125 Å². The maximum atomic E-state index is 6.23. The minimum Gasteiger partial charge on any atom is -0.310 e. The molecule has 0 amide bonds. The number of rotatable bonds is 3. The van der Waals surface area contributed by atoms with Crippen LogP contribution in [-0.4, -0.2) is 11.0 Å². The van der Waals surface area contributed by atoms with E-state index in [-0.39, 0.29) is 0 Å². The van der Waals surface area contributed by atoms with E-state index in [4.69, 9.17) is 11.6 Å². The van der Waals surface area contributed by atoms with Gasteiger partial charge in [0.15, 0.2) is 0 Å². The van der Waals surface area contributed by atoms with Gasteiger partial charge in [-0.15, -0.1) is 0 Å². The summed E-state index contributed by atoms with van der Waals surface area (Å²) in [6, 6.07) is 8.66. The van der Waals surface area contributed by atoms with Crippen molar-refractivity contribution in [2.24, 2.45) is 5.41 Å². The molecule has 1 fully saturated rings. The lowest BCUT2D eigenvalue weighted by molar-refractivity contribution is 0.364. The van der Waals surface area contributed by atoms with Crippen LogP contribution in [0, 0.1) is 5.41 Å². The molecule has 1 aromatic heterocycles. The number of aromatic nitrogens is 1. The van der Waals surface area contributed by atoms with Crippen molar-refractivity contribution in [1.82, 2.24) is 10.3 Å². The lowest BCUT2D eigenvalue weighted by Crippen LogP contribution is -2.27. The molecule has 106 valence electrons. The molecule has 1 unspecified atom stereocenters. The standard InChI is InChI=1S/C17H21ClN2/c1-17(2)8-7-13(10-17)20-11-12-5-6-15(18)14-4-3-9-19-16(12)14/h3-6,9,13,20H,7-8,10-11H2,1-2H3. The summed E-state index contributed by atoms with van der Waals surface area (Å²) in [5.41, 5.74) is 2.73. The van der Waals surface area contributed by atoms with Gasteiger partial charge in [0.2, 0.25) is 0 Å². The third kappa shape index (κ3) is 2.82. The molecule has 1 aliphatic carbocycles. The highest BCUT2D eigenvalue weighted by Gasteiger charge is 2.30. The second-order valence-electron chi connectivity index (χ2n) is 6.59. The number of nitrogens with one attached hydrogen (secondary N) is 1. The Morgan fingerprint density at radius 3 is 2.95 bits per heavy atom. The lowest BCUT2D eigenvalue weighted by Gasteiger charge is -2.18. The third-order valence-electron chi connectivity index (χ3n) is 4.35. The number of fused-ring (bicyclic) bond motifs is 1. The highest BCUT2D eigenvalue weighted by atomic mass is 35.5. The molecule has 0 bridgehead atoms. The van der Waals surface area contributed by atoms with Crippen LogP contribution in [-0.2, 0) is 6.54 Å². The summed E-state index contributed by atoms with van der Waals surface area (Å²) in [5, 5.41) is 5.50. The summed E-state index contributed by atoms with van der Waals surface area (Å²) in [6.07, 6.45) is 5.67. The molecule has 20 heavy (non-hydrogen) atoms. The molecule has 1 heterocycles. The molecule has 1 aliphatic rings. The molecule has 3 heteroatoms. The van der Waals surface area contributed by atoms with E-state index in [0.29, 0.717) is 11.5 Å². The number of pyridine rings is 1. The molecule has 0 saturated heterocycles. The fourth-order valence-electron chi connectivity index (χ4n) is 3.20. The first-order valence-electron chi connectivity index (χ1n) is 7.31. The molecular weight excluding hydrogens is 268 g/mol. The van der Waals surface area contributed by atoms with Gasteiger partial charge in [-0.05, 0) is 48.4 Å². The van der Waals surface area contributed by atoms with Gasteiger partial charge in [-0.2, -0.15) is 0 Å². The number of hydrogen-bond acceptors (Lipinski definition) is 2. The van der Waals surface area contributed by atoms with E-state index in [2.05, 4.69) is 30.2 Å². The van der Waals surface area contributed by atoms with Crippen molar-refractivity contribution in [2.45, 2.75) is 45.7 Å². The minimum absolute atomic E-state index is 0.484. The quantitative estimate of drug-likeness (QED) is 0.896. The number of benzene rings is 1. The maximum absolute atomic E-state index is 6.23. The van der Waals surface area contributed by atoms with Crippen LogP contribution in [0.4, 0.5) is 0 Å². The van der Waals surface area contributed by atoms with Gasteiger partial charge >= 0.3 is 0 Å². The second-order valence-corrected chi connectivity index (χ2v) is 7.00. The summed E-state index contributed by atoms with van der Waals surface area (Å²) in [6.45, 7) is 5.58. The molecule has 0 radical (unpaired) electrons. The molecule has 1 aromatic carbocycles. The van der Waals surface area contributed by atoms with Crippen LogP contribution in [0.2, 0.25) is 5.02 Å². The minimum atomic E-state index is 0.484. The Bertz CT molecular complexity index is 621. The Hall–Kier alpha value is -1.12. The zero-order valence-electron chi connectivity index (χ0n) is 12.1. The van der Waals surface area contributed by atoms with E-state index in [9.17, 15) is 0 Å². The van der Waals surface area contributed by atoms with Gasteiger partial charge in [-0.3, -0.25) is 4.98 Å². The molecule has 1 N–H and O–H groups in total. The van der Waals surface area contributed by atoms with E-state index in [1.165, 1.54) is 24.8 Å². The Kier molecular flexibility index (Phi) is 3.70. The highest BCUT2D eigenvalue weighted by Crippen LogP contribution is 2.37. The molecular formula is C17H21ClN2. The molecule has 1 atom stereocenters. The van der Waals surface area contributed by atoms with Crippen LogP contribution in [0.3, 0.4) is 0 Å². The maximum Gasteiger partial charge on any atom is 0.0761 e. The van der Waals surface area contributed by atoms with E-state index in [0.717, 1.165) is 22.5 Å². The summed E-state index contributed by atoms with van der Waals surface area (Å²) in [7, 11) is 0. The smallest absolute Gasteiger partial charge is 0.0761 e. The molecule has 3 rings (SSSR count). The van der Waals surface area contributed by atoms with Gasteiger partial charge in [0.1, 0.15) is 0 Å². The molecule has 0 aliphatic heterocycles. The largest absolute Gasteiger partial charge is 0.310 e. The van der Waals surface area contributed by atoms with Crippen LogP contribution in [0.25, 0.3) is 10.9 Å². The third-order valence-corrected chi connectivity index (χ3v) is 4.68. The Morgan fingerprint density at radius 2 is 2.20 bits per heavy atom. The predicted molar refractivity (Wildman–Crippen MR) is 85.0 cm³/mol.